The van der Waals surface area contributed by atoms with Crippen LogP contribution in [0.15, 0.2) is 114 Å². The van der Waals surface area contributed by atoms with E-state index in [9.17, 15) is 0 Å². The van der Waals surface area contributed by atoms with Crippen LogP contribution in [0, 0.1) is 20.8 Å². The van der Waals surface area contributed by atoms with Crippen molar-refractivity contribution in [2.75, 3.05) is 0 Å². The summed E-state index contributed by atoms with van der Waals surface area (Å²) in [7, 11) is 0. The number of halogens is 1. The maximum atomic E-state index is 4.02. The van der Waals surface area contributed by atoms with Crippen LogP contribution in [0.2, 0.25) is 0 Å². The summed E-state index contributed by atoms with van der Waals surface area (Å²) in [6.45, 7) is 6.74. The van der Waals surface area contributed by atoms with Crippen molar-refractivity contribution in [3.05, 3.63) is 130 Å². The summed E-state index contributed by atoms with van der Waals surface area (Å²) in [6, 6.07) is 40.7. The van der Waals surface area contributed by atoms with Gasteiger partial charge in [0.25, 0.3) is 0 Å². The fourth-order valence-corrected chi connectivity index (χ4v) is 7.67. The molecular formula is C39H27Br. The van der Waals surface area contributed by atoms with E-state index in [1.807, 2.05) is 0 Å². The third kappa shape index (κ3) is 3.25. The van der Waals surface area contributed by atoms with Crippen LogP contribution in [0.4, 0.5) is 0 Å². The van der Waals surface area contributed by atoms with Crippen molar-refractivity contribution in [1.29, 1.82) is 0 Å². The molecule has 0 heterocycles. The van der Waals surface area contributed by atoms with E-state index in [0.717, 1.165) is 4.47 Å². The van der Waals surface area contributed by atoms with Crippen molar-refractivity contribution in [3.63, 3.8) is 0 Å². The molecular weight excluding hydrogens is 548 g/mol. The van der Waals surface area contributed by atoms with Gasteiger partial charge in [-0.3, -0.25) is 0 Å². The van der Waals surface area contributed by atoms with Gasteiger partial charge < -0.3 is 0 Å². The summed E-state index contributed by atoms with van der Waals surface area (Å²) in [5, 5.41) is 15.6. The Labute approximate surface area is 242 Å². The Morgan fingerprint density at radius 1 is 0.375 bits per heavy atom. The highest BCUT2D eigenvalue weighted by molar-refractivity contribution is 9.10. The largest absolute Gasteiger partial charge is 0.0616 e. The Bertz CT molecular complexity index is 2190. The van der Waals surface area contributed by atoms with E-state index in [1.165, 1.54) is 92.5 Å². The molecule has 8 aromatic rings. The van der Waals surface area contributed by atoms with Gasteiger partial charge in [-0.1, -0.05) is 107 Å². The van der Waals surface area contributed by atoms with E-state index in [0.29, 0.717) is 0 Å². The van der Waals surface area contributed by atoms with E-state index in [-0.39, 0.29) is 0 Å². The molecule has 0 N–H and O–H groups in total. The number of hydrogen-bond donors (Lipinski definition) is 0. The molecule has 0 aliphatic rings. The van der Waals surface area contributed by atoms with E-state index in [1.54, 1.807) is 0 Å². The molecule has 40 heavy (non-hydrogen) atoms. The molecule has 0 amide bonds. The summed E-state index contributed by atoms with van der Waals surface area (Å²) in [6.07, 6.45) is 0. The topological polar surface area (TPSA) is 0 Å². The van der Waals surface area contributed by atoms with E-state index < -0.39 is 0 Å². The second-order valence-electron chi connectivity index (χ2n) is 11.2. The standard InChI is InChI=1S/C39H27Br/c1-22-10-8-16-29-31(22)20-33(37-27-14-6-4-12-25(27)18-24(3)36(29)37)34-21-32-23(2)11-9-17-30(32)39-35(40)19-26-13-5-7-15-28(26)38(34)39/h4-21H,1-3H3. The van der Waals surface area contributed by atoms with E-state index in [4.69, 9.17) is 0 Å². The molecule has 0 atom stereocenters. The first-order chi connectivity index (χ1) is 19.5. The highest BCUT2D eigenvalue weighted by Crippen LogP contribution is 2.48. The van der Waals surface area contributed by atoms with Gasteiger partial charge >= 0.3 is 0 Å². The maximum Gasteiger partial charge on any atom is 0.0266 e. The number of benzene rings is 8. The van der Waals surface area contributed by atoms with Crippen LogP contribution in [0.3, 0.4) is 0 Å². The lowest BCUT2D eigenvalue weighted by atomic mass is 9.83. The Morgan fingerprint density at radius 2 is 0.850 bits per heavy atom. The normalized spacial score (nSPS) is 12.0. The zero-order valence-electron chi connectivity index (χ0n) is 22.8. The molecule has 1 heteroatoms. The molecule has 0 bridgehead atoms. The second-order valence-corrected chi connectivity index (χ2v) is 12.0. The molecule has 190 valence electrons. The first-order valence-corrected chi connectivity index (χ1v) is 14.7. The summed E-state index contributed by atoms with van der Waals surface area (Å²) in [4.78, 5) is 0. The third-order valence-corrected chi connectivity index (χ3v) is 9.47. The van der Waals surface area contributed by atoms with E-state index in [2.05, 4.69) is 146 Å². The SMILES string of the molecule is Cc1cccc2c1cc(-c1cc3c(C)cccc3c3c(Br)cc4ccccc4c13)c1c3ccccc3cc(C)c21. The highest BCUT2D eigenvalue weighted by Gasteiger charge is 2.20. The molecule has 0 saturated carbocycles. The minimum atomic E-state index is 1.14. The molecule has 0 aromatic heterocycles. The van der Waals surface area contributed by atoms with Crippen LogP contribution in [-0.4, -0.2) is 0 Å². The summed E-state index contributed by atoms with van der Waals surface area (Å²) >= 11 is 4.02. The summed E-state index contributed by atoms with van der Waals surface area (Å²) in [5.74, 6) is 0. The molecule has 0 unspecified atom stereocenters. The fraction of sp³-hybridized carbons (Fsp3) is 0.0769. The lowest BCUT2D eigenvalue weighted by molar-refractivity contribution is 1.52. The Morgan fingerprint density at radius 3 is 1.45 bits per heavy atom. The van der Waals surface area contributed by atoms with Crippen molar-refractivity contribution in [2.45, 2.75) is 20.8 Å². The van der Waals surface area contributed by atoms with Crippen LogP contribution >= 0.6 is 15.9 Å². The number of rotatable bonds is 1. The predicted molar refractivity (Wildman–Crippen MR) is 179 cm³/mol. The van der Waals surface area contributed by atoms with Crippen molar-refractivity contribution in [1.82, 2.24) is 0 Å². The minimum Gasteiger partial charge on any atom is -0.0616 e. The van der Waals surface area contributed by atoms with Gasteiger partial charge in [0.1, 0.15) is 0 Å². The van der Waals surface area contributed by atoms with Crippen LogP contribution in [0.5, 0.6) is 0 Å². The van der Waals surface area contributed by atoms with Gasteiger partial charge in [-0.15, -0.1) is 0 Å². The molecule has 8 aromatic carbocycles. The Kier molecular flexibility index (Phi) is 5.12. The van der Waals surface area contributed by atoms with Gasteiger partial charge in [0.15, 0.2) is 0 Å². The van der Waals surface area contributed by atoms with Crippen LogP contribution in [0.1, 0.15) is 16.7 Å². The molecule has 0 aliphatic heterocycles. The predicted octanol–water partition coefficient (Wildman–Crippen LogP) is 12.0. The molecule has 0 fully saturated rings. The summed E-state index contributed by atoms with van der Waals surface area (Å²) < 4.78 is 1.14. The number of aryl methyl sites for hydroxylation is 3. The van der Waals surface area contributed by atoms with Gasteiger partial charge in [0.2, 0.25) is 0 Å². The van der Waals surface area contributed by atoms with Gasteiger partial charge in [0, 0.05) is 9.86 Å². The second kappa shape index (κ2) is 8.65. The van der Waals surface area contributed by atoms with Crippen molar-refractivity contribution in [3.8, 4) is 11.1 Å². The first kappa shape index (κ1) is 23.7. The Balaban J connectivity index is 1.73. The quantitative estimate of drug-likeness (QED) is 0.171. The van der Waals surface area contributed by atoms with Gasteiger partial charge in [-0.25, -0.2) is 0 Å². The van der Waals surface area contributed by atoms with Gasteiger partial charge in [-0.2, -0.15) is 0 Å². The lowest BCUT2D eigenvalue weighted by Gasteiger charge is -2.20. The Hall–Kier alpha value is -4.20. The highest BCUT2D eigenvalue weighted by atomic mass is 79.9. The van der Waals surface area contributed by atoms with Crippen LogP contribution in [0.25, 0.3) is 75.8 Å². The first-order valence-electron chi connectivity index (χ1n) is 13.9. The monoisotopic (exact) mass is 574 g/mol. The number of fused-ring (bicyclic) bond motifs is 10. The average Bonchev–Trinajstić information content (AvgIpc) is 2.96. The fourth-order valence-electron chi connectivity index (χ4n) is 7.01. The van der Waals surface area contributed by atoms with E-state index >= 15 is 0 Å². The molecule has 0 nitrogen and oxygen atoms in total. The van der Waals surface area contributed by atoms with Crippen LogP contribution in [-0.2, 0) is 0 Å². The van der Waals surface area contributed by atoms with Crippen molar-refractivity contribution in [2.24, 2.45) is 0 Å². The number of hydrogen-bond acceptors (Lipinski definition) is 0. The van der Waals surface area contributed by atoms with Crippen molar-refractivity contribution >= 4 is 80.6 Å². The molecule has 0 saturated heterocycles. The van der Waals surface area contributed by atoms with Gasteiger partial charge in [0.05, 0.1) is 0 Å². The third-order valence-electron chi connectivity index (χ3n) is 8.84. The maximum absolute atomic E-state index is 4.02. The van der Waals surface area contributed by atoms with Crippen molar-refractivity contribution < 1.29 is 0 Å². The van der Waals surface area contributed by atoms with Gasteiger partial charge in [-0.05, 0) is 126 Å². The smallest absolute Gasteiger partial charge is 0.0266 e. The molecule has 0 radical (unpaired) electrons. The molecule has 8 rings (SSSR count). The zero-order chi connectivity index (χ0) is 27.1. The summed E-state index contributed by atoms with van der Waals surface area (Å²) in [5.41, 5.74) is 6.51. The lowest BCUT2D eigenvalue weighted by Crippen LogP contribution is -1.94. The molecule has 0 spiro atoms. The molecule has 0 aliphatic carbocycles. The zero-order valence-corrected chi connectivity index (χ0v) is 24.4. The average molecular weight is 576 g/mol. The van der Waals surface area contributed by atoms with Crippen LogP contribution < -0.4 is 0 Å². The minimum absolute atomic E-state index is 1.14.